The van der Waals surface area contributed by atoms with Crippen molar-refractivity contribution in [1.82, 2.24) is 4.98 Å². The molecule has 0 N–H and O–H groups in total. The fourth-order valence-corrected chi connectivity index (χ4v) is 4.10. The van der Waals surface area contributed by atoms with Gasteiger partial charge in [-0.25, -0.2) is 4.39 Å². The normalized spacial score (nSPS) is 12.7. The fraction of sp³-hybridized carbons (Fsp3) is 0.150. The third-order valence-corrected chi connectivity index (χ3v) is 5.35. The zero-order chi connectivity index (χ0) is 16.9. The number of aromatic nitrogens is 1. The molecular formula is C20H16FNS. The first kappa shape index (κ1) is 13.2. The lowest BCUT2D eigenvalue weighted by Crippen LogP contribution is -1.90. The van der Waals surface area contributed by atoms with E-state index in [-0.39, 0.29) is 5.82 Å². The summed E-state index contributed by atoms with van der Waals surface area (Å²) in [5, 5.41) is 1.98. The summed E-state index contributed by atoms with van der Waals surface area (Å²) < 4.78 is 24.1. The van der Waals surface area contributed by atoms with Crippen molar-refractivity contribution in [2.75, 3.05) is 0 Å². The van der Waals surface area contributed by atoms with Crippen molar-refractivity contribution in [1.29, 1.82) is 0 Å². The van der Waals surface area contributed by atoms with E-state index < -0.39 is 5.89 Å². The molecule has 0 saturated heterocycles. The summed E-state index contributed by atoms with van der Waals surface area (Å²) in [6.07, 6.45) is 1.74. The molecule has 4 aromatic rings. The van der Waals surface area contributed by atoms with Gasteiger partial charge in [0.05, 0.1) is 10.4 Å². The van der Waals surface area contributed by atoms with Crippen molar-refractivity contribution in [2.45, 2.75) is 19.7 Å². The van der Waals surface area contributed by atoms with Crippen LogP contribution >= 0.6 is 11.3 Å². The van der Waals surface area contributed by atoms with Gasteiger partial charge in [-0.05, 0) is 29.7 Å². The van der Waals surface area contributed by atoms with Crippen LogP contribution in [0.5, 0.6) is 0 Å². The van der Waals surface area contributed by atoms with Crippen LogP contribution in [-0.2, 0) is 0 Å². The average Bonchev–Trinajstić information content (AvgIpc) is 2.94. The highest BCUT2D eigenvalue weighted by Gasteiger charge is 2.13. The van der Waals surface area contributed by atoms with Crippen molar-refractivity contribution in [2.24, 2.45) is 0 Å². The molecule has 2 heterocycles. The molecule has 0 fully saturated rings. The monoisotopic (exact) mass is 322 g/mol. The van der Waals surface area contributed by atoms with E-state index in [0.29, 0.717) is 4.70 Å². The number of benzene rings is 2. The van der Waals surface area contributed by atoms with Crippen molar-refractivity contribution in [3.8, 4) is 11.3 Å². The summed E-state index contributed by atoms with van der Waals surface area (Å²) in [4.78, 5) is 4.50. The number of hydrogen-bond donors (Lipinski definition) is 0. The minimum atomic E-state index is -0.683. The highest BCUT2D eigenvalue weighted by Crippen LogP contribution is 2.40. The van der Waals surface area contributed by atoms with Crippen LogP contribution in [0.3, 0.4) is 0 Å². The number of halogens is 1. The molecule has 0 saturated carbocycles. The van der Waals surface area contributed by atoms with Gasteiger partial charge < -0.3 is 0 Å². The molecule has 23 heavy (non-hydrogen) atoms. The van der Waals surface area contributed by atoms with Crippen molar-refractivity contribution in [3.05, 3.63) is 66.1 Å². The molecule has 114 valence electrons. The molecule has 3 heteroatoms. The smallest absolute Gasteiger partial charge is 0.141 e. The van der Waals surface area contributed by atoms with E-state index in [1.165, 1.54) is 17.4 Å². The van der Waals surface area contributed by atoms with Gasteiger partial charge in [-0.2, -0.15) is 0 Å². The molecule has 4 rings (SSSR count). The molecule has 0 aliphatic rings. The Morgan fingerprint density at radius 1 is 1.04 bits per heavy atom. The quantitative estimate of drug-likeness (QED) is 0.417. The van der Waals surface area contributed by atoms with Gasteiger partial charge in [-0.1, -0.05) is 44.2 Å². The van der Waals surface area contributed by atoms with E-state index in [1.54, 1.807) is 12.3 Å². The zero-order valence-corrected chi connectivity index (χ0v) is 13.7. The maximum absolute atomic E-state index is 14.1. The molecule has 0 atom stereocenters. The maximum Gasteiger partial charge on any atom is 0.141 e. The van der Waals surface area contributed by atoms with Gasteiger partial charge in [-0.15, -0.1) is 11.3 Å². The van der Waals surface area contributed by atoms with Crippen molar-refractivity contribution < 1.29 is 5.76 Å². The standard InChI is InChI=1S/C20H16FNS/c1-12(2)13-9-10-22-18(11-13)16-7-3-5-14-15-6-4-8-17(21)20(15)23-19(14)16/h3-12H,1-2H3/i12D. The Morgan fingerprint density at radius 3 is 2.57 bits per heavy atom. The Labute approximate surface area is 139 Å². The zero-order valence-electron chi connectivity index (χ0n) is 13.9. The van der Waals surface area contributed by atoms with Gasteiger partial charge >= 0.3 is 0 Å². The van der Waals surface area contributed by atoms with Crippen LogP contribution in [0, 0.1) is 5.82 Å². The molecule has 0 unspecified atom stereocenters. The lowest BCUT2D eigenvalue weighted by atomic mass is 10.0. The third kappa shape index (κ3) is 2.32. The summed E-state index contributed by atoms with van der Waals surface area (Å²) in [6.45, 7) is 3.73. The number of rotatable bonds is 2. The molecule has 0 amide bonds. The molecule has 2 aromatic carbocycles. The molecule has 0 aliphatic carbocycles. The largest absolute Gasteiger partial charge is 0.256 e. The van der Waals surface area contributed by atoms with Crippen LogP contribution in [0.25, 0.3) is 31.4 Å². The topological polar surface area (TPSA) is 12.9 Å². The second-order valence-corrected chi connectivity index (χ2v) is 6.85. The highest BCUT2D eigenvalue weighted by molar-refractivity contribution is 7.26. The molecular weight excluding hydrogens is 305 g/mol. The van der Waals surface area contributed by atoms with Gasteiger partial charge in [0, 0.05) is 28.6 Å². The van der Waals surface area contributed by atoms with Crippen molar-refractivity contribution in [3.63, 3.8) is 0 Å². The fourth-order valence-electron chi connectivity index (χ4n) is 2.88. The Morgan fingerprint density at radius 2 is 1.78 bits per heavy atom. The first-order valence-corrected chi connectivity index (χ1v) is 8.33. The lowest BCUT2D eigenvalue weighted by molar-refractivity contribution is 0.642. The first-order valence-electron chi connectivity index (χ1n) is 8.02. The van der Waals surface area contributed by atoms with Crippen molar-refractivity contribution >= 4 is 31.5 Å². The van der Waals surface area contributed by atoms with Crippen LogP contribution in [0.4, 0.5) is 4.39 Å². The first-order chi connectivity index (χ1) is 11.4. The minimum absolute atomic E-state index is 0.186. The second-order valence-electron chi connectivity index (χ2n) is 5.83. The van der Waals surface area contributed by atoms with Gasteiger partial charge in [0.1, 0.15) is 5.82 Å². The van der Waals surface area contributed by atoms with E-state index in [0.717, 1.165) is 32.3 Å². The SMILES string of the molecule is [2H]C(C)(C)c1ccnc(-c2cccc3c2sc2c(F)cccc23)c1. The molecule has 0 bridgehead atoms. The summed E-state index contributed by atoms with van der Waals surface area (Å²) in [5.41, 5.74) is 2.72. The number of pyridine rings is 1. The Balaban J connectivity index is 2.01. The number of thiophene rings is 1. The van der Waals surface area contributed by atoms with Gasteiger partial charge in [-0.3, -0.25) is 4.98 Å². The summed E-state index contributed by atoms with van der Waals surface area (Å²) in [5.74, 6) is -0.869. The van der Waals surface area contributed by atoms with E-state index in [4.69, 9.17) is 1.37 Å². The molecule has 1 nitrogen and oxygen atoms in total. The predicted molar refractivity (Wildman–Crippen MR) is 96.6 cm³/mol. The average molecular weight is 322 g/mol. The minimum Gasteiger partial charge on any atom is -0.256 e. The Hall–Kier alpha value is -2.26. The van der Waals surface area contributed by atoms with Crippen LogP contribution in [-0.4, -0.2) is 4.98 Å². The number of fused-ring (bicyclic) bond motifs is 3. The number of nitrogens with zero attached hydrogens (tertiary/aromatic N) is 1. The van der Waals surface area contributed by atoms with E-state index in [9.17, 15) is 4.39 Å². The Bertz CT molecular complexity index is 1060. The van der Waals surface area contributed by atoms with Crippen LogP contribution < -0.4 is 0 Å². The van der Waals surface area contributed by atoms with Crippen LogP contribution in [0.2, 0.25) is 0 Å². The van der Waals surface area contributed by atoms with E-state index >= 15 is 0 Å². The predicted octanol–water partition coefficient (Wildman–Crippen LogP) is 6.38. The van der Waals surface area contributed by atoms with Gasteiger partial charge in [0.25, 0.3) is 0 Å². The Kier molecular flexibility index (Phi) is 3.12. The summed E-state index contributed by atoms with van der Waals surface area (Å²) >= 11 is 1.46. The van der Waals surface area contributed by atoms with Crippen LogP contribution in [0.15, 0.2) is 54.7 Å². The molecule has 0 spiro atoms. The van der Waals surface area contributed by atoms with E-state index in [2.05, 4.69) is 4.98 Å². The highest BCUT2D eigenvalue weighted by atomic mass is 32.1. The lowest BCUT2D eigenvalue weighted by Gasteiger charge is -2.08. The maximum atomic E-state index is 14.1. The molecule has 2 aromatic heterocycles. The van der Waals surface area contributed by atoms with Gasteiger partial charge in [0.15, 0.2) is 0 Å². The second kappa shape index (κ2) is 5.43. The third-order valence-electron chi connectivity index (χ3n) is 4.09. The number of hydrogen-bond acceptors (Lipinski definition) is 2. The van der Waals surface area contributed by atoms with E-state index in [1.807, 2.05) is 50.2 Å². The summed E-state index contributed by atoms with van der Waals surface area (Å²) in [7, 11) is 0. The molecule has 0 radical (unpaired) electrons. The summed E-state index contributed by atoms with van der Waals surface area (Å²) in [6, 6.07) is 15.1. The van der Waals surface area contributed by atoms with Gasteiger partial charge in [0.2, 0.25) is 0 Å². The van der Waals surface area contributed by atoms with Crippen LogP contribution in [0.1, 0.15) is 26.7 Å². The molecule has 0 aliphatic heterocycles.